The van der Waals surface area contributed by atoms with Crippen molar-refractivity contribution in [3.63, 3.8) is 0 Å². The van der Waals surface area contributed by atoms with E-state index in [2.05, 4.69) is 15.9 Å². The number of amides is 1. The monoisotopic (exact) mass is 507 g/mol. The minimum Gasteiger partial charge on any atom is -0.454 e. The zero-order chi connectivity index (χ0) is 22.7. The molecule has 1 atom stereocenters. The third kappa shape index (κ3) is 3.21. The molecule has 33 heavy (non-hydrogen) atoms. The molecule has 0 bridgehead atoms. The highest BCUT2D eigenvalue weighted by Gasteiger charge is 2.42. The first-order valence-electron chi connectivity index (χ1n) is 10.2. The van der Waals surface area contributed by atoms with Crippen molar-refractivity contribution in [2.75, 3.05) is 6.79 Å². The number of nitrogens with zero attached hydrogens (tertiary/aromatic N) is 1. The van der Waals surface area contributed by atoms with E-state index < -0.39 is 17.8 Å². The first-order valence-corrected chi connectivity index (χ1v) is 11.0. The molecule has 6 nitrogen and oxygen atoms in total. The number of rotatable bonds is 3. The van der Waals surface area contributed by atoms with Crippen LogP contribution in [0.3, 0.4) is 0 Å². The van der Waals surface area contributed by atoms with Crippen LogP contribution < -0.4 is 14.9 Å². The fourth-order valence-electron chi connectivity index (χ4n) is 4.38. The SMILES string of the molecule is O=C1c2oc3ccc(Br)cc3c(=O)c2[C@@H](c2ccc(F)cc2)N1Cc1ccc2c(c1)OCO2. The van der Waals surface area contributed by atoms with E-state index in [0.29, 0.717) is 28.0 Å². The Kier molecular flexibility index (Phi) is 4.51. The van der Waals surface area contributed by atoms with Crippen molar-refractivity contribution in [1.29, 1.82) is 0 Å². The number of carbonyl (C=O) groups excluding carboxylic acids is 1. The highest BCUT2D eigenvalue weighted by atomic mass is 79.9. The van der Waals surface area contributed by atoms with Crippen molar-refractivity contribution in [1.82, 2.24) is 4.90 Å². The van der Waals surface area contributed by atoms with Gasteiger partial charge in [-0.05, 0) is 53.6 Å². The molecule has 0 saturated heterocycles. The normalized spacial score (nSPS) is 16.5. The summed E-state index contributed by atoms with van der Waals surface area (Å²) in [7, 11) is 0. The maximum absolute atomic E-state index is 13.7. The third-order valence-electron chi connectivity index (χ3n) is 5.90. The molecule has 164 valence electrons. The van der Waals surface area contributed by atoms with Gasteiger partial charge in [-0.3, -0.25) is 9.59 Å². The van der Waals surface area contributed by atoms with Crippen LogP contribution in [0.15, 0.2) is 74.3 Å². The molecule has 0 fully saturated rings. The molecular formula is C25H15BrFNO5. The molecule has 0 unspecified atom stereocenters. The molecule has 2 aliphatic heterocycles. The van der Waals surface area contributed by atoms with Crippen molar-refractivity contribution in [2.24, 2.45) is 0 Å². The minimum absolute atomic E-state index is 0.00453. The van der Waals surface area contributed by atoms with E-state index in [9.17, 15) is 14.0 Å². The predicted molar refractivity (Wildman–Crippen MR) is 121 cm³/mol. The van der Waals surface area contributed by atoms with Crippen LogP contribution in [-0.2, 0) is 6.54 Å². The number of hydrogen-bond donors (Lipinski definition) is 0. The summed E-state index contributed by atoms with van der Waals surface area (Å²) < 4.78 is 31.1. The van der Waals surface area contributed by atoms with Gasteiger partial charge in [-0.15, -0.1) is 0 Å². The van der Waals surface area contributed by atoms with Gasteiger partial charge in [0.1, 0.15) is 11.4 Å². The van der Waals surface area contributed by atoms with Crippen LogP contribution in [0, 0.1) is 5.82 Å². The molecule has 0 radical (unpaired) electrons. The molecule has 8 heteroatoms. The number of halogens is 2. The maximum Gasteiger partial charge on any atom is 0.291 e. The van der Waals surface area contributed by atoms with Crippen LogP contribution in [0.1, 0.15) is 33.3 Å². The Bertz CT molecular complexity index is 1500. The Morgan fingerprint density at radius 1 is 0.970 bits per heavy atom. The lowest BCUT2D eigenvalue weighted by Gasteiger charge is -2.25. The van der Waals surface area contributed by atoms with Crippen molar-refractivity contribution in [3.8, 4) is 11.5 Å². The van der Waals surface area contributed by atoms with E-state index in [1.54, 1.807) is 41.3 Å². The van der Waals surface area contributed by atoms with E-state index in [1.807, 2.05) is 12.1 Å². The molecule has 0 saturated carbocycles. The predicted octanol–water partition coefficient (Wildman–Crippen LogP) is 5.17. The van der Waals surface area contributed by atoms with Gasteiger partial charge < -0.3 is 18.8 Å². The number of fused-ring (bicyclic) bond motifs is 3. The molecule has 4 aromatic rings. The lowest BCUT2D eigenvalue weighted by atomic mass is 9.98. The van der Waals surface area contributed by atoms with Crippen LogP contribution in [0.25, 0.3) is 11.0 Å². The Morgan fingerprint density at radius 3 is 2.58 bits per heavy atom. The smallest absolute Gasteiger partial charge is 0.291 e. The van der Waals surface area contributed by atoms with Gasteiger partial charge in [0.05, 0.1) is 17.0 Å². The second-order valence-corrected chi connectivity index (χ2v) is 8.80. The standard InChI is InChI=1S/C25H15BrFNO5/c26-15-4-8-18-17(10-15)23(29)21-22(14-2-5-16(27)6-3-14)28(25(30)24(21)33-18)11-13-1-7-19-20(9-13)32-12-31-19/h1-10,22H,11-12H2/t22-/m1/s1. The van der Waals surface area contributed by atoms with Crippen LogP contribution in [0.2, 0.25) is 0 Å². The zero-order valence-corrected chi connectivity index (χ0v) is 18.6. The molecule has 2 aliphatic rings. The summed E-state index contributed by atoms with van der Waals surface area (Å²) in [6, 6.07) is 15.6. The first-order chi connectivity index (χ1) is 16.0. The van der Waals surface area contributed by atoms with E-state index in [-0.39, 0.29) is 30.1 Å². The van der Waals surface area contributed by atoms with E-state index in [4.69, 9.17) is 13.9 Å². The Labute approximate surface area is 195 Å². The first kappa shape index (κ1) is 20.0. The number of benzene rings is 3. The Balaban J connectivity index is 1.52. The van der Waals surface area contributed by atoms with Gasteiger partial charge in [-0.2, -0.15) is 0 Å². The van der Waals surface area contributed by atoms with Crippen molar-refractivity contribution < 1.29 is 23.1 Å². The molecule has 3 aromatic carbocycles. The average Bonchev–Trinajstić information content (AvgIpc) is 3.38. The summed E-state index contributed by atoms with van der Waals surface area (Å²) in [4.78, 5) is 28.6. The quantitative estimate of drug-likeness (QED) is 0.382. The van der Waals surface area contributed by atoms with Gasteiger partial charge in [0, 0.05) is 11.0 Å². The summed E-state index contributed by atoms with van der Waals surface area (Å²) in [5.74, 6) is 0.433. The topological polar surface area (TPSA) is 69.0 Å². The fourth-order valence-corrected chi connectivity index (χ4v) is 4.74. The summed E-state index contributed by atoms with van der Waals surface area (Å²) >= 11 is 3.39. The molecule has 6 rings (SSSR count). The number of carbonyl (C=O) groups is 1. The maximum atomic E-state index is 13.7. The molecular weight excluding hydrogens is 493 g/mol. The zero-order valence-electron chi connectivity index (χ0n) is 17.0. The van der Waals surface area contributed by atoms with E-state index in [1.165, 1.54) is 12.1 Å². The summed E-state index contributed by atoms with van der Waals surface area (Å²) in [5.41, 5.74) is 1.71. The summed E-state index contributed by atoms with van der Waals surface area (Å²) in [5, 5.41) is 0.368. The van der Waals surface area contributed by atoms with Gasteiger partial charge in [-0.25, -0.2) is 4.39 Å². The molecule has 0 N–H and O–H groups in total. The van der Waals surface area contributed by atoms with Crippen molar-refractivity contribution in [2.45, 2.75) is 12.6 Å². The van der Waals surface area contributed by atoms with E-state index >= 15 is 0 Å². The molecule has 0 aliphatic carbocycles. The highest BCUT2D eigenvalue weighted by molar-refractivity contribution is 9.10. The lowest BCUT2D eigenvalue weighted by molar-refractivity contribution is 0.0714. The van der Waals surface area contributed by atoms with Gasteiger partial charge in [0.25, 0.3) is 5.91 Å². The van der Waals surface area contributed by atoms with Gasteiger partial charge in [0.2, 0.25) is 12.6 Å². The second-order valence-electron chi connectivity index (χ2n) is 7.89. The fraction of sp³-hybridized carbons (Fsp3) is 0.120. The average molecular weight is 508 g/mol. The van der Waals surface area contributed by atoms with E-state index in [0.717, 1.165) is 10.0 Å². The van der Waals surface area contributed by atoms with Gasteiger partial charge >= 0.3 is 0 Å². The summed E-state index contributed by atoms with van der Waals surface area (Å²) in [6.45, 7) is 0.340. The van der Waals surface area contributed by atoms with Crippen molar-refractivity contribution in [3.05, 3.63) is 104 Å². The molecule has 0 spiro atoms. The third-order valence-corrected chi connectivity index (χ3v) is 6.40. The molecule has 1 aromatic heterocycles. The second kappa shape index (κ2) is 7.45. The largest absolute Gasteiger partial charge is 0.454 e. The van der Waals surface area contributed by atoms with Gasteiger partial charge in [-0.1, -0.05) is 34.1 Å². The number of ether oxygens (including phenoxy) is 2. The number of hydrogen-bond acceptors (Lipinski definition) is 5. The van der Waals surface area contributed by atoms with Gasteiger partial charge in [0.15, 0.2) is 16.9 Å². The van der Waals surface area contributed by atoms with Crippen LogP contribution in [0.5, 0.6) is 11.5 Å². The highest BCUT2D eigenvalue weighted by Crippen LogP contribution is 2.40. The minimum atomic E-state index is -0.724. The van der Waals surface area contributed by atoms with Crippen LogP contribution >= 0.6 is 15.9 Å². The molecule has 1 amide bonds. The molecule has 3 heterocycles. The van der Waals surface area contributed by atoms with Crippen LogP contribution in [-0.4, -0.2) is 17.6 Å². The van der Waals surface area contributed by atoms with Crippen LogP contribution in [0.4, 0.5) is 4.39 Å². The Morgan fingerprint density at radius 2 is 1.76 bits per heavy atom. The van der Waals surface area contributed by atoms with Crippen molar-refractivity contribution >= 4 is 32.8 Å². The lowest BCUT2D eigenvalue weighted by Crippen LogP contribution is -2.29. The summed E-state index contributed by atoms with van der Waals surface area (Å²) in [6.07, 6.45) is 0. The Hall–Kier alpha value is -3.65.